The van der Waals surface area contributed by atoms with Gasteiger partial charge in [0.25, 0.3) is 0 Å². The van der Waals surface area contributed by atoms with E-state index in [2.05, 4.69) is 0 Å². The van der Waals surface area contributed by atoms with Crippen molar-refractivity contribution in [2.24, 2.45) is 0 Å². The van der Waals surface area contributed by atoms with Gasteiger partial charge in [0.1, 0.15) is 5.82 Å². The molecule has 2 rings (SSSR count). The number of carbonyl (C=O) groups excluding carboxylic acids is 1. The molecule has 0 radical (unpaired) electrons. The predicted molar refractivity (Wildman–Crippen MR) is 64.2 cm³/mol. The van der Waals surface area contributed by atoms with Gasteiger partial charge < -0.3 is 0 Å². The number of hydrogen-bond acceptors (Lipinski definition) is 2. The molecular weight excluding hydrogens is 270 g/mol. The number of carbonyl (C=O) groups is 1. The number of thiophene rings is 1. The van der Waals surface area contributed by atoms with Crippen molar-refractivity contribution in [2.45, 2.75) is 0 Å². The molecule has 1 aromatic heterocycles. The molecule has 82 valence electrons. The van der Waals surface area contributed by atoms with E-state index in [0.29, 0.717) is 9.21 Å². The van der Waals surface area contributed by atoms with Gasteiger partial charge in [0.2, 0.25) is 5.78 Å². The minimum absolute atomic E-state index is 0.106. The van der Waals surface area contributed by atoms with Crippen LogP contribution in [0, 0.1) is 5.82 Å². The van der Waals surface area contributed by atoms with E-state index >= 15 is 0 Å². The summed E-state index contributed by atoms with van der Waals surface area (Å²) in [6, 6.07) is 6.94. The summed E-state index contributed by atoms with van der Waals surface area (Å²) in [5.41, 5.74) is 0.279. The number of ketones is 1. The van der Waals surface area contributed by atoms with Crippen LogP contribution in [0.25, 0.3) is 0 Å². The molecule has 1 nitrogen and oxygen atoms in total. The first-order valence-corrected chi connectivity index (χ1v) is 5.90. The van der Waals surface area contributed by atoms with Crippen molar-refractivity contribution in [1.82, 2.24) is 0 Å². The summed E-state index contributed by atoms with van der Waals surface area (Å²) in [4.78, 5) is 12.4. The summed E-state index contributed by atoms with van der Waals surface area (Å²) >= 11 is 12.7. The minimum Gasteiger partial charge on any atom is -0.288 e. The van der Waals surface area contributed by atoms with Gasteiger partial charge in [-0.2, -0.15) is 0 Å². The van der Waals surface area contributed by atoms with Crippen LogP contribution in [0.3, 0.4) is 0 Å². The molecule has 0 atom stereocenters. The van der Waals surface area contributed by atoms with Crippen molar-refractivity contribution in [3.8, 4) is 0 Å². The molecule has 0 aliphatic heterocycles. The Morgan fingerprint density at radius 2 is 1.94 bits per heavy atom. The van der Waals surface area contributed by atoms with Gasteiger partial charge in [-0.3, -0.25) is 4.79 Å². The van der Waals surface area contributed by atoms with Crippen LogP contribution in [-0.4, -0.2) is 5.78 Å². The molecule has 16 heavy (non-hydrogen) atoms. The fourth-order valence-electron chi connectivity index (χ4n) is 1.24. The third kappa shape index (κ3) is 2.26. The molecule has 0 aliphatic rings. The van der Waals surface area contributed by atoms with E-state index < -0.39 is 5.82 Å². The van der Waals surface area contributed by atoms with E-state index in [1.807, 2.05) is 0 Å². The first kappa shape index (κ1) is 11.6. The summed E-state index contributed by atoms with van der Waals surface area (Å²) in [5, 5.41) is 0.106. The third-order valence-corrected chi connectivity index (χ3v) is 3.52. The molecular formula is C11H5Cl2FOS. The molecule has 0 aliphatic carbocycles. The Balaban J connectivity index is 2.41. The zero-order valence-corrected chi connectivity index (χ0v) is 10.2. The number of benzene rings is 1. The van der Waals surface area contributed by atoms with Crippen molar-refractivity contribution in [2.75, 3.05) is 0 Å². The van der Waals surface area contributed by atoms with Gasteiger partial charge in [0.15, 0.2) is 0 Å². The van der Waals surface area contributed by atoms with Crippen molar-refractivity contribution < 1.29 is 9.18 Å². The van der Waals surface area contributed by atoms with Gasteiger partial charge in [-0.15, -0.1) is 11.3 Å². The standard InChI is InChI=1S/C11H5Cl2FOS/c12-8-5-6(14)1-2-7(8)11(15)9-3-4-10(13)16-9/h1-5H. The van der Waals surface area contributed by atoms with E-state index in [0.717, 1.165) is 6.07 Å². The second-order valence-corrected chi connectivity index (χ2v) is 5.18. The molecule has 0 spiro atoms. The lowest BCUT2D eigenvalue weighted by atomic mass is 10.1. The summed E-state index contributed by atoms with van der Waals surface area (Å²) in [6.07, 6.45) is 0. The van der Waals surface area contributed by atoms with Crippen molar-refractivity contribution >= 4 is 40.3 Å². The molecule has 0 saturated carbocycles. The molecule has 0 saturated heterocycles. The Bertz CT molecular complexity index is 551. The maximum Gasteiger partial charge on any atom is 0.204 e. The second-order valence-electron chi connectivity index (χ2n) is 3.06. The Kier molecular flexibility index (Phi) is 3.28. The van der Waals surface area contributed by atoms with Crippen LogP contribution in [-0.2, 0) is 0 Å². The van der Waals surface area contributed by atoms with Crippen LogP contribution in [0.4, 0.5) is 4.39 Å². The maximum atomic E-state index is 12.8. The fourth-order valence-corrected chi connectivity index (χ4v) is 2.49. The van der Waals surface area contributed by atoms with Gasteiger partial charge in [-0.05, 0) is 30.3 Å². The highest BCUT2D eigenvalue weighted by atomic mass is 35.5. The molecule has 2 aromatic rings. The van der Waals surface area contributed by atoms with E-state index in [9.17, 15) is 9.18 Å². The maximum absolute atomic E-state index is 12.8. The van der Waals surface area contributed by atoms with E-state index in [1.54, 1.807) is 12.1 Å². The predicted octanol–water partition coefficient (Wildman–Crippen LogP) is 4.43. The summed E-state index contributed by atoms with van der Waals surface area (Å²) < 4.78 is 13.3. The summed E-state index contributed by atoms with van der Waals surface area (Å²) in [6.45, 7) is 0. The molecule has 0 fully saturated rings. The first-order chi connectivity index (χ1) is 7.58. The van der Waals surface area contributed by atoms with E-state index in [-0.39, 0.29) is 16.4 Å². The van der Waals surface area contributed by atoms with Gasteiger partial charge >= 0.3 is 0 Å². The van der Waals surface area contributed by atoms with Crippen LogP contribution in [0.1, 0.15) is 15.2 Å². The zero-order chi connectivity index (χ0) is 11.7. The van der Waals surface area contributed by atoms with Gasteiger partial charge in [0, 0.05) is 5.56 Å². The average molecular weight is 275 g/mol. The highest BCUT2D eigenvalue weighted by Crippen LogP contribution is 2.26. The molecule has 0 unspecified atom stereocenters. The normalized spacial score (nSPS) is 10.4. The molecule has 1 aromatic carbocycles. The number of hydrogen-bond donors (Lipinski definition) is 0. The van der Waals surface area contributed by atoms with E-state index in [1.165, 1.54) is 23.5 Å². The molecule has 0 N–H and O–H groups in total. The van der Waals surface area contributed by atoms with Crippen molar-refractivity contribution in [3.63, 3.8) is 0 Å². The molecule has 5 heteroatoms. The Morgan fingerprint density at radius 1 is 1.19 bits per heavy atom. The molecule has 0 amide bonds. The van der Waals surface area contributed by atoms with Gasteiger partial charge in [-0.25, -0.2) is 4.39 Å². The zero-order valence-electron chi connectivity index (χ0n) is 7.84. The van der Waals surface area contributed by atoms with Crippen LogP contribution < -0.4 is 0 Å². The third-order valence-electron chi connectivity index (χ3n) is 1.97. The van der Waals surface area contributed by atoms with Crippen LogP contribution in [0.5, 0.6) is 0 Å². The van der Waals surface area contributed by atoms with Gasteiger partial charge in [-0.1, -0.05) is 23.2 Å². The quantitative estimate of drug-likeness (QED) is 0.741. The highest BCUT2D eigenvalue weighted by Gasteiger charge is 2.15. The van der Waals surface area contributed by atoms with Crippen molar-refractivity contribution in [1.29, 1.82) is 0 Å². The SMILES string of the molecule is O=C(c1ccc(Cl)s1)c1ccc(F)cc1Cl. The largest absolute Gasteiger partial charge is 0.288 e. The summed E-state index contributed by atoms with van der Waals surface area (Å²) in [5.74, 6) is -0.715. The molecule has 0 bridgehead atoms. The average Bonchev–Trinajstić information content (AvgIpc) is 2.64. The van der Waals surface area contributed by atoms with Crippen LogP contribution >= 0.6 is 34.5 Å². The Morgan fingerprint density at radius 3 is 2.50 bits per heavy atom. The monoisotopic (exact) mass is 274 g/mol. The number of rotatable bonds is 2. The first-order valence-electron chi connectivity index (χ1n) is 4.33. The molecule has 1 heterocycles. The smallest absolute Gasteiger partial charge is 0.204 e. The van der Waals surface area contributed by atoms with Crippen molar-refractivity contribution in [3.05, 3.63) is 55.9 Å². The lowest BCUT2D eigenvalue weighted by molar-refractivity contribution is 0.104. The fraction of sp³-hybridized carbons (Fsp3) is 0. The highest BCUT2D eigenvalue weighted by molar-refractivity contribution is 7.18. The lowest BCUT2D eigenvalue weighted by Gasteiger charge is -2.01. The van der Waals surface area contributed by atoms with Gasteiger partial charge in [0.05, 0.1) is 14.2 Å². The lowest BCUT2D eigenvalue weighted by Crippen LogP contribution is -1.99. The van der Waals surface area contributed by atoms with Crippen LogP contribution in [0.2, 0.25) is 9.36 Å². The number of halogens is 3. The van der Waals surface area contributed by atoms with Crippen LogP contribution in [0.15, 0.2) is 30.3 Å². The topological polar surface area (TPSA) is 17.1 Å². The second kappa shape index (κ2) is 4.53. The summed E-state index contributed by atoms with van der Waals surface area (Å²) in [7, 11) is 0. The minimum atomic E-state index is -0.467. The van der Waals surface area contributed by atoms with E-state index in [4.69, 9.17) is 23.2 Å². The Labute approximate surface area is 105 Å². The Hall–Kier alpha value is -0.900.